The topological polar surface area (TPSA) is 26.3 Å². The summed E-state index contributed by atoms with van der Waals surface area (Å²) < 4.78 is 5.35. The molecule has 0 aromatic rings. The van der Waals surface area contributed by atoms with Crippen molar-refractivity contribution in [2.75, 3.05) is 0 Å². The van der Waals surface area contributed by atoms with E-state index in [-0.39, 0.29) is 12.1 Å². The van der Waals surface area contributed by atoms with Gasteiger partial charge in [0.25, 0.3) is 0 Å². The quantitative estimate of drug-likeness (QED) is 0.194. The normalized spacial score (nSPS) is 12.7. The Morgan fingerprint density at radius 3 is 2.05 bits per heavy atom. The third-order valence-corrected chi connectivity index (χ3v) is 3.93. The van der Waals surface area contributed by atoms with E-state index in [4.69, 9.17) is 4.74 Å². The van der Waals surface area contributed by atoms with Crippen molar-refractivity contribution in [3.63, 3.8) is 0 Å². The van der Waals surface area contributed by atoms with Crippen LogP contribution in [-0.2, 0) is 9.53 Å². The molecule has 2 nitrogen and oxygen atoms in total. The number of carbonyl (C=O) groups is 1. The van der Waals surface area contributed by atoms with Crippen molar-refractivity contribution in [3.8, 4) is 0 Å². The Kier molecular flexibility index (Phi) is 16.0. The first-order chi connectivity index (χ1) is 10.7. The van der Waals surface area contributed by atoms with E-state index in [9.17, 15) is 4.79 Å². The van der Waals surface area contributed by atoms with Crippen molar-refractivity contribution in [3.05, 3.63) is 12.2 Å². The number of rotatable bonds is 15. The summed E-state index contributed by atoms with van der Waals surface area (Å²) in [6.07, 6.45) is 19.8. The molecule has 2 heteroatoms. The molecule has 0 heterocycles. The van der Waals surface area contributed by atoms with Gasteiger partial charge >= 0.3 is 5.97 Å². The molecule has 0 aliphatic heterocycles. The highest BCUT2D eigenvalue weighted by atomic mass is 16.5. The summed E-state index contributed by atoms with van der Waals surface area (Å²) in [4.78, 5) is 11.6. The summed E-state index contributed by atoms with van der Waals surface area (Å²) in [5.41, 5.74) is 0. The third-order valence-electron chi connectivity index (χ3n) is 3.93. The molecule has 0 spiro atoms. The molecular formula is C20H38O2. The summed E-state index contributed by atoms with van der Waals surface area (Å²) in [6.45, 7) is 6.35. The first-order valence-corrected chi connectivity index (χ1v) is 9.56. The molecule has 1 unspecified atom stereocenters. The Morgan fingerprint density at radius 1 is 0.864 bits per heavy atom. The number of unbranched alkanes of at least 4 members (excludes halogenated alkanes) is 10. The molecule has 1 atom stereocenters. The largest absolute Gasteiger partial charge is 0.458 e. The average molecular weight is 311 g/mol. The van der Waals surface area contributed by atoms with Crippen molar-refractivity contribution >= 4 is 5.97 Å². The number of ether oxygens (including phenoxy) is 1. The standard InChI is InChI=1S/C20H38O2/c1-4-6-8-9-10-11-12-13-14-16-17-19(3)22-20(21)18-15-7-5-2/h16-17,19H,4-15,18H2,1-3H3/b17-16+. The van der Waals surface area contributed by atoms with Crippen molar-refractivity contribution in [2.45, 2.75) is 110 Å². The van der Waals surface area contributed by atoms with Crippen LogP contribution in [0.3, 0.4) is 0 Å². The van der Waals surface area contributed by atoms with E-state index in [1.165, 1.54) is 51.4 Å². The minimum absolute atomic E-state index is 0.0577. The van der Waals surface area contributed by atoms with Gasteiger partial charge in [0.1, 0.15) is 6.10 Å². The van der Waals surface area contributed by atoms with Gasteiger partial charge in [-0.25, -0.2) is 0 Å². The summed E-state index contributed by atoms with van der Waals surface area (Å²) in [6, 6.07) is 0. The van der Waals surface area contributed by atoms with E-state index in [2.05, 4.69) is 19.9 Å². The van der Waals surface area contributed by atoms with E-state index in [0.29, 0.717) is 6.42 Å². The summed E-state index contributed by atoms with van der Waals surface area (Å²) in [7, 11) is 0. The van der Waals surface area contributed by atoms with Gasteiger partial charge in [-0.1, -0.05) is 77.7 Å². The summed E-state index contributed by atoms with van der Waals surface area (Å²) >= 11 is 0. The Labute approximate surface area is 138 Å². The summed E-state index contributed by atoms with van der Waals surface area (Å²) in [5, 5.41) is 0. The highest BCUT2D eigenvalue weighted by Crippen LogP contribution is 2.10. The smallest absolute Gasteiger partial charge is 0.306 e. The van der Waals surface area contributed by atoms with Crippen LogP contribution in [-0.4, -0.2) is 12.1 Å². The highest BCUT2D eigenvalue weighted by molar-refractivity contribution is 5.69. The molecule has 130 valence electrons. The Balaban J connectivity index is 3.42. The van der Waals surface area contributed by atoms with Gasteiger partial charge in [-0.3, -0.25) is 4.79 Å². The number of esters is 1. The van der Waals surface area contributed by atoms with Crippen LogP contribution >= 0.6 is 0 Å². The lowest BCUT2D eigenvalue weighted by Gasteiger charge is -2.08. The van der Waals surface area contributed by atoms with Gasteiger partial charge in [-0.05, 0) is 32.3 Å². The van der Waals surface area contributed by atoms with Crippen LogP contribution in [0.15, 0.2) is 12.2 Å². The van der Waals surface area contributed by atoms with Gasteiger partial charge in [0.15, 0.2) is 0 Å². The number of allylic oxidation sites excluding steroid dienone is 1. The second-order valence-corrected chi connectivity index (χ2v) is 6.34. The minimum Gasteiger partial charge on any atom is -0.458 e. The molecule has 0 bridgehead atoms. The van der Waals surface area contributed by atoms with E-state index < -0.39 is 0 Å². The maximum atomic E-state index is 11.6. The molecule has 0 aromatic heterocycles. The third kappa shape index (κ3) is 15.6. The van der Waals surface area contributed by atoms with E-state index in [1.54, 1.807) is 0 Å². The molecule has 0 saturated carbocycles. The molecule has 0 amide bonds. The van der Waals surface area contributed by atoms with E-state index >= 15 is 0 Å². The fourth-order valence-corrected chi connectivity index (χ4v) is 2.51. The van der Waals surface area contributed by atoms with Gasteiger partial charge in [-0.2, -0.15) is 0 Å². The fourth-order valence-electron chi connectivity index (χ4n) is 2.51. The van der Waals surface area contributed by atoms with Crippen LogP contribution in [0.4, 0.5) is 0 Å². The Bertz CT molecular complexity index is 271. The Hall–Kier alpha value is -0.790. The number of hydrogen-bond acceptors (Lipinski definition) is 2. The lowest BCUT2D eigenvalue weighted by atomic mass is 10.1. The molecule has 0 aromatic carbocycles. The average Bonchev–Trinajstić information content (AvgIpc) is 2.49. The first kappa shape index (κ1) is 21.2. The Morgan fingerprint density at radius 2 is 1.41 bits per heavy atom. The van der Waals surface area contributed by atoms with Crippen molar-refractivity contribution in [1.29, 1.82) is 0 Å². The van der Waals surface area contributed by atoms with Gasteiger partial charge in [0.05, 0.1) is 0 Å². The van der Waals surface area contributed by atoms with Crippen LogP contribution in [0, 0.1) is 0 Å². The monoisotopic (exact) mass is 310 g/mol. The zero-order valence-corrected chi connectivity index (χ0v) is 15.2. The van der Waals surface area contributed by atoms with Crippen molar-refractivity contribution < 1.29 is 9.53 Å². The van der Waals surface area contributed by atoms with Crippen LogP contribution in [0.5, 0.6) is 0 Å². The molecule has 0 N–H and O–H groups in total. The van der Waals surface area contributed by atoms with Crippen LogP contribution in [0.25, 0.3) is 0 Å². The molecule has 0 fully saturated rings. The molecule has 0 aliphatic carbocycles. The van der Waals surface area contributed by atoms with Crippen LogP contribution in [0.1, 0.15) is 104 Å². The van der Waals surface area contributed by atoms with Crippen molar-refractivity contribution in [1.82, 2.24) is 0 Å². The van der Waals surface area contributed by atoms with Gasteiger partial charge < -0.3 is 4.74 Å². The van der Waals surface area contributed by atoms with Gasteiger partial charge in [0.2, 0.25) is 0 Å². The number of carbonyl (C=O) groups excluding carboxylic acids is 1. The van der Waals surface area contributed by atoms with E-state index in [0.717, 1.165) is 25.7 Å². The fraction of sp³-hybridized carbons (Fsp3) is 0.850. The highest BCUT2D eigenvalue weighted by Gasteiger charge is 2.05. The van der Waals surface area contributed by atoms with Crippen molar-refractivity contribution in [2.24, 2.45) is 0 Å². The van der Waals surface area contributed by atoms with Crippen LogP contribution in [0.2, 0.25) is 0 Å². The molecule has 22 heavy (non-hydrogen) atoms. The zero-order chi connectivity index (χ0) is 16.5. The predicted molar refractivity (Wildman–Crippen MR) is 96.1 cm³/mol. The maximum absolute atomic E-state index is 11.6. The number of hydrogen-bond donors (Lipinski definition) is 0. The molecule has 0 aliphatic rings. The second-order valence-electron chi connectivity index (χ2n) is 6.34. The SMILES string of the molecule is CCCCCCCCCC/C=C/C(C)OC(=O)CCCCC. The van der Waals surface area contributed by atoms with Gasteiger partial charge in [-0.15, -0.1) is 0 Å². The van der Waals surface area contributed by atoms with Crippen LogP contribution < -0.4 is 0 Å². The first-order valence-electron chi connectivity index (χ1n) is 9.56. The molecule has 0 rings (SSSR count). The summed E-state index contributed by atoms with van der Waals surface area (Å²) in [5.74, 6) is -0.0577. The lowest BCUT2D eigenvalue weighted by molar-refractivity contribution is -0.146. The predicted octanol–water partition coefficient (Wildman–Crippen LogP) is 6.59. The van der Waals surface area contributed by atoms with E-state index in [1.807, 2.05) is 13.0 Å². The minimum atomic E-state index is -0.0804. The maximum Gasteiger partial charge on any atom is 0.306 e. The second kappa shape index (κ2) is 16.6. The molecular weight excluding hydrogens is 272 g/mol. The molecule has 0 radical (unpaired) electrons. The zero-order valence-electron chi connectivity index (χ0n) is 15.2. The lowest BCUT2D eigenvalue weighted by Crippen LogP contribution is -2.12. The van der Waals surface area contributed by atoms with Gasteiger partial charge in [0, 0.05) is 6.42 Å². The molecule has 0 saturated heterocycles.